The molecule has 1 aromatic carbocycles. The smallest absolute Gasteiger partial charge is 0.0346 e. The van der Waals surface area contributed by atoms with Crippen LogP contribution >= 0.6 is 24.8 Å². The molecule has 0 saturated carbocycles. The number of benzene rings is 1. The topological polar surface area (TPSA) is 15.3 Å². The summed E-state index contributed by atoms with van der Waals surface area (Å²) in [6.07, 6.45) is 1.20. The zero-order chi connectivity index (χ0) is 13.0. The van der Waals surface area contributed by atoms with Gasteiger partial charge in [0.15, 0.2) is 0 Å². The van der Waals surface area contributed by atoms with Crippen LogP contribution in [0.4, 0.5) is 0 Å². The Morgan fingerprint density at radius 1 is 1.00 bits per heavy atom. The molecule has 1 atom stereocenters. The van der Waals surface area contributed by atoms with Gasteiger partial charge < -0.3 is 5.32 Å². The molecule has 1 fully saturated rings. The number of hydrogen-bond acceptors (Lipinski definition) is 2. The summed E-state index contributed by atoms with van der Waals surface area (Å²) in [6, 6.07) is 9.83. The fourth-order valence-electron chi connectivity index (χ4n) is 2.80. The van der Waals surface area contributed by atoms with E-state index in [-0.39, 0.29) is 24.8 Å². The second-order valence-electron chi connectivity index (χ2n) is 5.53. The number of nitrogens with one attached hydrogen (secondary N) is 1. The summed E-state index contributed by atoms with van der Waals surface area (Å²) in [6.45, 7) is 11.4. The maximum atomic E-state index is 3.43. The van der Waals surface area contributed by atoms with Gasteiger partial charge in [0.05, 0.1) is 0 Å². The highest BCUT2D eigenvalue weighted by molar-refractivity contribution is 5.85. The fourth-order valence-corrected chi connectivity index (χ4v) is 2.80. The zero-order valence-electron chi connectivity index (χ0n) is 12.8. The first-order valence-corrected chi connectivity index (χ1v) is 7.27. The van der Waals surface area contributed by atoms with Gasteiger partial charge in [0, 0.05) is 32.2 Å². The highest BCUT2D eigenvalue weighted by Gasteiger charge is 2.20. The predicted molar refractivity (Wildman–Crippen MR) is 92.5 cm³/mol. The van der Waals surface area contributed by atoms with E-state index in [1.165, 1.54) is 30.6 Å². The Kier molecular flexibility index (Phi) is 9.48. The summed E-state index contributed by atoms with van der Waals surface area (Å²) in [5.74, 6) is 0.623. The molecule has 1 aliphatic rings. The molecule has 0 amide bonds. The van der Waals surface area contributed by atoms with Crippen LogP contribution in [0.2, 0.25) is 0 Å². The molecule has 2 nitrogen and oxygen atoms in total. The lowest BCUT2D eigenvalue weighted by molar-refractivity contribution is 0.169. The van der Waals surface area contributed by atoms with E-state index in [1.54, 1.807) is 0 Å². The van der Waals surface area contributed by atoms with Crippen LogP contribution < -0.4 is 5.32 Å². The summed E-state index contributed by atoms with van der Waals surface area (Å²) < 4.78 is 0. The number of halogens is 2. The van der Waals surface area contributed by atoms with Gasteiger partial charge in [-0.25, -0.2) is 0 Å². The van der Waals surface area contributed by atoms with Gasteiger partial charge in [-0.05, 0) is 23.5 Å². The van der Waals surface area contributed by atoms with Crippen molar-refractivity contribution in [2.45, 2.75) is 39.2 Å². The van der Waals surface area contributed by atoms with Crippen molar-refractivity contribution in [3.63, 3.8) is 0 Å². The molecule has 0 aliphatic carbocycles. The Labute approximate surface area is 136 Å². The summed E-state index contributed by atoms with van der Waals surface area (Å²) in [5.41, 5.74) is 2.91. The van der Waals surface area contributed by atoms with E-state index in [0.29, 0.717) is 12.0 Å². The minimum Gasteiger partial charge on any atom is -0.314 e. The molecule has 1 saturated heterocycles. The molecule has 1 N–H and O–H groups in total. The zero-order valence-corrected chi connectivity index (χ0v) is 14.4. The molecule has 0 unspecified atom stereocenters. The summed E-state index contributed by atoms with van der Waals surface area (Å²) in [4.78, 5) is 2.61. The Bertz CT molecular complexity index is 359. The van der Waals surface area contributed by atoms with Gasteiger partial charge in [-0.15, -0.1) is 24.8 Å². The molecule has 0 radical (unpaired) electrons. The van der Waals surface area contributed by atoms with E-state index in [9.17, 15) is 0 Å². The lowest BCUT2D eigenvalue weighted by Crippen LogP contribution is -2.45. The minimum absolute atomic E-state index is 0. The van der Waals surface area contributed by atoms with Gasteiger partial charge in [-0.1, -0.05) is 45.0 Å². The molecular weight excluding hydrogens is 291 g/mol. The van der Waals surface area contributed by atoms with Crippen molar-refractivity contribution in [3.8, 4) is 0 Å². The van der Waals surface area contributed by atoms with Crippen molar-refractivity contribution >= 4 is 24.8 Å². The maximum absolute atomic E-state index is 3.43. The van der Waals surface area contributed by atoms with E-state index in [0.717, 1.165) is 13.1 Å². The molecule has 1 aliphatic heterocycles. The number of piperazine rings is 1. The first-order chi connectivity index (χ1) is 8.72. The Morgan fingerprint density at radius 3 is 1.95 bits per heavy atom. The third kappa shape index (κ3) is 4.92. The first-order valence-electron chi connectivity index (χ1n) is 7.27. The van der Waals surface area contributed by atoms with E-state index in [1.807, 2.05) is 0 Å². The second-order valence-corrected chi connectivity index (χ2v) is 5.53. The van der Waals surface area contributed by atoms with E-state index in [4.69, 9.17) is 0 Å². The lowest BCUT2D eigenvalue weighted by Gasteiger charge is -2.34. The van der Waals surface area contributed by atoms with Crippen molar-refractivity contribution in [1.82, 2.24) is 10.2 Å². The van der Waals surface area contributed by atoms with Crippen molar-refractivity contribution in [2.75, 3.05) is 26.2 Å². The van der Waals surface area contributed by atoms with Gasteiger partial charge in [-0.2, -0.15) is 0 Å². The van der Waals surface area contributed by atoms with E-state index in [2.05, 4.69) is 55.3 Å². The standard InChI is InChI=1S/C16H26N2.2ClH/c1-4-16(18-11-9-17-10-12-18)15-7-5-14(6-8-15)13(2)3;;/h5-8,13,16-17H,4,9-12H2,1-3H3;2*1H/t16-;;/m0../s1. The lowest BCUT2D eigenvalue weighted by atomic mass is 9.97. The normalized spacial score (nSPS) is 17.2. The van der Waals surface area contributed by atoms with E-state index >= 15 is 0 Å². The SMILES string of the molecule is CC[C@@H](c1ccc(C(C)C)cc1)N1CCNCC1.Cl.Cl. The highest BCUT2D eigenvalue weighted by Crippen LogP contribution is 2.26. The average Bonchev–Trinajstić information content (AvgIpc) is 2.41. The molecule has 4 heteroatoms. The van der Waals surface area contributed by atoms with Crippen LogP contribution in [0.1, 0.15) is 50.3 Å². The molecule has 0 bridgehead atoms. The first kappa shape index (κ1) is 19.7. The van der Waals surface area contributed by atoms with Crippen LogP contribution in [0.3, 0.4) is 0 Å². The Morgan fingerprint density at radius 2 is 1.50 bits per heavy atom. The summed E-state index contributed by atoms with van der Waals surface area (Å²) in [7, 11) is 0. The Balaban J connectivity index is 0.00000180. The third-order valence-electron chi connectivity index (χ3n) is 3.97. The van der Waals surface area contributed by atoms with Gasteiger partial charge in [-0.3, -0.25) is 4.90 Å². The minimum atomic E-state index is 0. The Hall–Kier alpha value is -0.280. The molecule has 0 spiro atoms. The summed E-state index contributed by atoms with van der Waals surface area (Å²) in [5, 5.41) is 3.43. The van der Waals surface area contributed by atoms with Gasteiger partial charge in [0.25, 0.3) is 0 Å². The third-order valence-corrected chi connectivity index (χ3v) is 3.97. The van der Waals surface area contributed by atoms with Crippen LogP contribution in [0.15, 0.2) is 24.3 Å². The second kappa shape index (κ2) is 9.62. The van der Waals surface area contributed by atoms with Crippen molar-refractivity contribution in [3.05, 3.63) is 35.4 Å². The molecule has 1 aromatic rings. The van der Waals surface area contributed by atoms with Gasteiger partial charge >= 0.3 is 0 Å². The van der Waals surface area contributed by atoms with Crippen LogP contribution in [-0.4, -0.2) is 31.1 Å². The predicted octanol–water partition coefficient (Wildman–Crippen LogP) is 4.01. The summed E-state index contributed by atoms with van der Waals surface area (Å²) >= 11 is 0. The highest BCUT2D eigenvalue weighted by atomic mass is 35.5. The van der Waals surface area contributed by atoms with Gasteiger partial charge in [0.2, 0.25) is 0 Å². The monoisotopic (exact) mass is 318 g/mol. The molecule has 1 heterocycles. The molecule has 20 heavy (non-hydrogen) atoms. The molecule has 2 rings (SSSR count). The van der Waals surface area contributed by atoms with Crippen LogP contribution in [0.25, 0.3) is 0 Å². The fraction of sp³-hybridized carbons (Fsp3) is 0.625. The number of nitrogens with zero attached hydrogens (tertiary/aromatic N) is 1. The van der Waals surface area contributed by atoms with Gasteiger partial charge in [0.1, 0.15) is 0 Å². The average molecular weight is 319 g/mol. The van der Waals surface area contributed by atoms with Crippen molar-refractivity contribution in [1.29, 1.82) is 0 Å². The van der Waals surface area contributed by atoms with Crippen LogP contribution in [0.5, 0.6) is 0 Å². The van der Waals surface area contributed by atoms with Crippen LogP contribution in [0, 0.1) is 0 Å². The number of hydrogen-bond donors (Lipinski definition) is 1. The van der Waals surface area contributed by atoms with E-state index < -0.39 is 0 Å². The van der Waals surface area contributed by atoms with Crippen molar-refractivity contribution in [2.24, 2.45) is 0 Å². The largest absolute Gasteiger partial charge is 0.314 e. The molecular formula is C16H28Cl2N2. The molecule has 0 aromatic heterocycles. The maximum Gasteiger partial charge on any atom is 0.0346 e. The molecule has 116 valence electrons. The van der Waals surface area contributed by atoms with Crippen molar-refractivity contribution < 1.29 is 0 Å². The number of rotatable bonds is 4. The van der Waals surface area contributed by atoms with Crippen LogP contribution in [-0.2, 0) is 0 Å². The quantitative estimate of drug-likeness (QED) is 0.902.